The van der Waals surface area contributed by atoms with E-state index in [-0.39, 0.29) is 19.8 Å². The summed E-state index contributed by atoms with van der Waals surface area (Å²) in [7, 11) is 1.24. The van der Waals surface area contributed by atoms with Gasteiger partial charge >= 0.3 is 6.03 Å². The second-order valence-electron chi connectivity index (χ2n) is 13.4. The van der Waals surface area contributed by atoms with E-state index in [2.05, 4.69) is 17.6 Å². The van der Waals surface area contributed by atoms with E-state index in [1.165, 1.54) is 103 Å². The van der Waals surface area contributed by atoms with E-state index in [0.717, 1.165) is 12.8 Å². The van der Waals surface area contributed by atoms with Gasteiger partial charge < -0.3 is 33.8 Å². The standard InChI is InChI=1S/C35H65ClN3O6P/c1-5-6-7-8-9-10-11-12-13-14-15-16-17-18-19-20-21-22-28-43-31-34(45-46(41,42)44-29-27-39(2,3)4)30-37-35(40)38-33-25-23-32(36)24-26-33/h23-26,34H,5-22,27-31H2,1-4H3,(H2-,37,38,40,41,42). The van der Waals surface area contributed by atoms with Gasteiger partial charge in [-0.05, 0) is 30.7 Å². The molecule has 2 atom stereocenters. The van der Waals surface area contributed by atoms with Crippen molar-refractivity contribution in [3.8, 4) is 0 Å². The second-order valence-corrected chi connectivity index (χ2v) is 15.2. The van der Waals surface area contributed by atoms with Crippen molar-refractivity contribution in [2.75, 3.05) is 59.4 Å². The molecule has 0 bridgehead atoms. The van der Waals surface area contributed by atoms with Crippen molar-refractivity contribution < 1.29 is 32.5 Å². The van der Waals surface area contributed by atoms with Crippen LogP contribution in [0.3, 0.4) is 0 Å². The minimum Gasteiger partial charge on any atom is -0.756 e. The Hall–Kier alpha value is -1.19. The highest BCUT2D eigenvalue weighted by Crippen LogP contribution is 2.39. The summed E-state index contributed by atoms with van der Waals surface area (Å²) >= 11 is 5.90. The third-order valence-corrected chi connectivity index (χ3v) is 9.14. The molecule has 1 rings (SSSR count). The van der Waals surface area contributed by atoms with Gasteiger partial charge in [-0.25, -0.2) is 4.79 Å². The number of nitrogens with one attached hydrogen (secondary N) is 2. The Morgan fingerprint density at radius 3 is 1.76 bits per heavy atom. The lowest BCUT2D eigenvalue weighted by atomic mass is 10.0. The van der Waals surface area contributed by atoms with Crippen LogP contribution in [0.15, 0.2) is 24.3 Å². The summed E-state index contributed by atoms with van der Waals surface area (Å²) in [5.41, 5.74) is 0.558. The van der Waals surface area contributed by atoms with Crippen LogP contribution in [0.5, 0.6) is 0 Å². The number of unbranched alkanes of at least 4 members (excludes halogenated alkanes) is 17. The molecule has 0 radical (unpaired) electrons. The Balaban J connectivity index is 2.20. The maximum Gasteiger partial charge on any atom is 0.319 e. The van der Waals surface area contributed by atoms with E-state index in [1.807, 2.05) is 21.1 Å². The highest BCUT2D eigenvalue weighted by Gasteiger charge is 2.21. The predicted molar refractivity (Wildman–Crippen MR) is 189 cm³/mol. The molecule has 2 unspecified atom stereocenters. The minimum atomic E-state index is -4.59. The number of carbonyl (C=O) groups is 1. The van der Waals surface area contributed by atoms with Crippen LogP contribution >= 0.6 is 19.4 Å². The van der Waals surface area contributed by atoms with Crippen LogP contribution in [0.1, 0.15) is 122 Å². The average molecular weight is 690 g/mol. The number of quaternary nitrogens is 1. The van der Waals surface area contributed by atoms with Crippen molar-refractivity contribution in [1.29, 1.82) is 0 Å². The summed E-state index contributed by atoms with van der Waals surface area (Å²) < 4.78 is 29.2. The highest BCUT2D eigenvalue weighted by atomic mass is 35.5. The third kappa shape index (κ3) is 26.8. The number of carbonyl (C=O) groups excluding carboxylic acids is 1. The van der Waals surface area contributed by atoms with Crippen molar-refractivity contribution in [3.05, 3.63) is 29.3 Å². The monoisotopic (exact) mass is 689 g/mol. The van der Waals surface area contributed by atoms with Crippen LogP contribution in [-0.4, -0.2) is 70.7 Å². The number of hydrogen-bond donors (Lipinski definition) is 2. The Morgan fingerprint density at radius 1 is 0.804 bits per heavy atom. The molecule has 0 spiro atoms. The Bertz CT molecular complexity index is 932. The fourth-order valence-corrected chi connectivity index (χ4v) is 5.99. The highest BCUT2D eigenvalue weighted by molar-refractivity contribution is 7.45. The molecule has 0 heterocycles. The van der Waals surface area contributed by atoms with Gasteiger partial charge in [-0.15, -0.1) is 0 Å². The van der Waals surface area contributed by atoms with E-state index in [0.29, 0.717) is 28.3 Å². The van der Waals surface area contributed by atoms with Crippen LogP contribution in [0.2, 0.25) is 5.02 Å². The summed E-state index contributed by atoms with van der Waals surface area (Å²) in [5, 5.41) is 5.90. The molecule has 0 saturated carbocycles. The smallest absolute Gasteiger partial charge is 0.319 e. The largest absolute Gasteiger partial charge is 0.756 e. The number of urea groups is 1. The molecule has 11 heteroatoms. The quantitative estimate of drug-likeness (QED) is 0.0474. The number of benzene rings is 1. The number of phosphoric ester groups is 1. The number of hydrogen-bond acceptors (Lipinski definition) is 6. The minimum absolute atomic E-state index is 0.00163. The molecule has 9 nitrogen and oxygen atoms in total. The van der Waals surface area contributed by atoms with Crippen LogP contribution < -0.4 is 15.5 Å². The zero-order valence-electron chi connectivity index (χ0n) is 29.4. The van der Waals surface area contributed by atoms with Crippen LogP contribution in [0.4, 0.5) is 10.5 Å². The number of anilines is 1. The van der Waals surface area contributed by atoms with Crippen molar-refractivity contribution in [2.24, 2.45) is 0 Å². The molecule has 0 aliphatic rings. The first-order chi connectivity index (χ1) is 22.0. The molecule has 0 aliphatic carbocycles. The molecule has 0 saturated heterocycles. The van der Waals surface area contributed by atoms with Gasteiger partial charge in [0.15, 0.2) is 0 Å². The molecule has 268 valence electrons. The maximum absolute atomic E-state index is 12.5. The molecular weight excluding hydrogens is 625 g/mol. The van der Waals surface area contributed by atoms with Gasteiger partial charge in [-0.3, -0.25) is 4.57 Å². The number of ether oxygens (including phenoxy) is 1. The summed E-state index contributed by atoms with van der Waals surface area (Å²) in [6.45, 7) is 3.23. The summed E-state index contributed by atoms with van der Waals surface area (Å²) in [5.74, 6) is 0. The van der Waals surface area contributed by atoms with E-state index in [4.69, 9.17) is 25.4 Å². The first-order valence-electron chi connectivity index (χ1n) is 17.8. The van der Waals surface area contributed by atoms with Gasteiger partial charge in [0, 0.05) is 23.9 Å². The van der Waals surface area contributed by atoms with E-state index in [9.17, 15) is 14.3 Å². The van der Waals surface area contributed by atoms with Gasteiger partial charge in [-0.1, -0.05) is 128 Å². The molecular formula is C35H65ClN3O6P. The number of rotatable bonds is 30. The number of amides is 2. The van der Waals surface area contributed by atoms with E-state index < -0.39 is 20.0 Å². The first-order valence-corrected chi connectivity index (χ1v) is 19.7. The molecule has 0 aromatic heterocycles. The normalized spacial score (nSPS) is 13.8. The second kappa shape index (κ2) is 26.7. The average Bonchev–Trinajstić information content (AvgIpc) is 2.99. The molecule has 1 aromatic rings. The lowest BCUT2D eigenvalue weighted by Gasteiger charge is -2.30. The van der Waals surface area contributed by atoms with Gasteiger partial charge in [0.25, 0.3) is 7.82 Å². The molecule has 46 heavy (non-hydrogen) atoms. The zero-order chi connectivity index (χ0) is 33.9. The lowest BCUT2D eigenvalue weighted by Crippen LogP contribution is -2.40. The van der Waals surface area contributed by atoms with Gasteiger partial charge in [0.2, 0.25) is 0 Å². The topological polar surface area (TPSA) is 109 Å². The van der Waals surface area contributed by atoms with E-state index >= 15 is 0 Å². The SMILES string of the molecule is CCCCCCCCCCCCCCCCCCCCOCC(CNC(=O)Nc1ccc(Cl)cc1)OP(=O)([O-])OCC[N+](C)(C)C. The van der Waals surface area contributed by atoms with Crippen molar-refractivity contribution in [2.45, 2.75) is 129 Å². The Kier molecular flexibility index (Phi) is 24.9. The van der Waals surface area contributed by atoms with Gasteiger partial charge in [0.05, 0.1) is 27.7 Å². The molecule has 0 fully saturated rings. The summed E-state index contributed by atoms with van der Waals surface area (Å²) in [4.78, 5) is 24.9. The fourth-order valence-electron chi connectivity index (χ4n) is 5.00. The third-order valence-electron chi connectivity index (χ3n) is 7.83. The molecule has 0 aliphatic heterocycles. The lowest BCUT2D eigenvalue weighted by molar-refractivity contribution is -0.870. The van der Waals surface area contributed by atoms with Crippen LogP contribution in [0.25, 0.3) is 0 Å². The van der Waals surface area contributed by atoms with Crippen molar-refractivity contribution >= 4 is 31.1 Å². The van der Waals surface area contributed by atoms with Gasteiger partial charge in [-0.2, -0.15) is 0 Å². The fraction of sp³-hybridized carbons (Fsp3) is 0.800. The number of nitrogens with zero attached hydrogens (tertiary/aromatic N) is 1. The number of phosphoric acid groups is 1. The predicted octanol–water partition coefficient (Wildman–Crippen LogP) is 9.10. The number of halogens is 1. The molecule has 2 N–H and O–H groups in total. The molecule has 1 aromatic carbocycles. The van der Waals surface area contributed by atoms with Crippen LogP contribution in [0, 0.1) is 0 Å². The number of likely N-dealkylation sites (N-methyl/N-ethyl adjacent to an activating group) is 1. The zero-order valence-corrected chi connectivity index (χ0v) is 31.0. The van der Waals surface area contributed by atoms with Crippen molar-refractivity contribution in [1.82, 2.24) is 5.32 Å². The molecule has 2 amide bonds. The Labute approximate surface area is 285 Å². The van der Waals surface area contributed by atoms with Gasteiger partial charge in [0.1, 0.15) is 19.3 Å². The van der Waals surface area contributed by atoms with Crippen molar-refractivity contribution in [3.63, 3.8) is 0 Å². The summed E-state index contributed by atoms with van der Waals surface area (Å²) in [6.07, 6.45) is 22.7. The summed E-state index contributed by atoms with van der Waals surface area (Å²) in [6, 6.07) is 6.18. The maximum atomic E-state index is 12.5. The van der Waals surface area contributed by atoms with E-state index in [1.54, 1.807) is 24.3 Å². The Morgan fingerprint density at radius 2 is 1.28 bits per heavy atom. The first kappa shape index (κ1) is 42.8. The van der Waals surface area contributed by atoms with Crippen LogP contribution in [-0.2, 0) is 18.3 Å².